The van der Waals surface area contributed by atoms with E-state index in [0.717, 1.165) is 0 Å². The quantitative estimate of drug-likeness (QED) is 0.584. The SMILES string of the molecule is CC1C(C)N2C(C)C(C)N1C(C)C2C. The maximum absolute atomic E-state index is 2.72. The first-order valence-electron chi connectivity index (χ1n) is 6.01. The predicted molar refractivity (Wildman–Crippen MR) is 60.5 cm³/mol. The van der Waals surface area contributed by atoms with Gasteiger partial charge in [0.05, 0.1) is 0 Å². The molecule has 0 spiro atoms. The highest BCUT2D eigenvalue weighted by atomic mass is 15.4. The van der Waals surface area contributed by atoms with Crippen molar-refractivity contribution in [3.8, 4) is 0 Å². The highest BCUT2D eigenvalue weighted by molar-refractivity contribution is 5.06. The van der Waals surface area contributed by atoms with Crippen LogP contribution >= 0.6 is 0 Å². The Kier molecular flexibility index (Phi) is 2.39. The Morgan fingerprint density at radius 3 is 0.714 bits per heavy atom. The predicted octanol–water partition coefficient (Wildman–Crippen LogP) is 1.95. The van der Waals surface area contributed by atoms with Crippen molar-refractivity contribution in [1.29, 1.82) is 0 Å². The molecule has 0 aromatic heterocycles. The van der Waals surface area contributed by atoms with E-state index in [9.17, 15) is 0 Å². The van der Waals surface area contributed by atoms with Gasteiger partial charge in [-0.05, 0) is 41.5 Å². The van der Waals surface area contributed by atoms with E-state index in [2.05, 4.69) is 51.3 Å². The second-order valence-electron chi connectivity index (χ2n) is 5.34. The lowest BCUT2D eigenvalue weighted by Crippen LogP contribution is -2.77. The third kappa shape index (κ3) is 1.10. The van der Waals surface area contributed by atoms with Crippen molar-refractivity contribution in [2.24, 2.45) is 0 Å². The molecule has 0 aliphatic carbocycles. The second kappa shape index (κ2) is 3.21. The van der Waals surface area contributed by atoms with E-state index < -0.39 is 0 Å². The molecule has 3 fully saturated rings. The molecule has 6 atom stereocenters. The summed E-state index contributed by atoms with van der Waals surface area (Å²) in [4.78, 5) is 5.44. The molecule has 3 saturated heterocycles. The number of nitrogens with zero attached hydrogens (tertiary/aromatic N) is 2. The molecule has 3 aliphatic rings. The summed E-state index contributed by atoms with van der Waals surface area (Å²) in [5.41, 5.74) is 0. The average molecular weight is 196 g/mol. The van der Waals surface area contributed by atoms with Crippen LogP contribution in [0.1, 0.15) is 41.5 Å². The van der Waals surface area contributed by atoms with Crippen LogP contribution in [0.4, 0.5) is 0 Å². The molecule has 3 aliphatic heterocycles. The Balaban J connectivity index is 2.34. The molecule has 0 saturated carbocycles. The Morgan fingerprint density at radius 1 is 0.429 bits per heavy atom. The molecule has 3 rings (SSSR count). The van der Waals surface area contributed by atoms with E-state index in [1.807, 2.05) is 0 Å². The number of piperazine rings is 3. The summed E-state index contributed by atoms with van der Waals surface area (Å²) in [6.07, 6.45) is 0. The van der Waals surface area contributed by atoms with Gasteiger partial charge in [-0.25, -0.2) is 0 Å². The van der Waals surface area contributed by atoms with E-state index in [4.69, 9.17) is 0 Å². The maximum atomic E-state index is 2.72. The van der Waals surface area contributed by atoms with Gasteiger partial charge in [-0.2, -0.15) is 0 Å². The molecule has 2 bridgehead atoms. The summed E-state index contributed by atoms with van der Waals surface area (Å²) in [6.45, 7) is 14.3. The van der Waals surface area contributed by atoms with Crippen LogP contribution in [0.3, 0.4) is 0 Å². The number of rotatable bonds is 0. The summed E-state index contributed by atoms with van der Waals surface area (Å²) in [5, 5.41) is 0. The molecule has 0 aromatic rings. The van der Waals surface area contributed by atoms with Crippen LogP contribution < -0.4 is 0 Å². The van der Waals surface area contributed by atoms with Gasteiger partial charge in [0.1, 0.15) is 0 Å². The van der Waals surface area contributed by atoms with Gasteiger partial charge in [-0.15, -0.1) is 0 Å². The molecular weight excluding hydrogens is 172 g/mol. The van der Waals surface area contributed by atoms with Crippen molar-refractivity contribution in [2.45, 2.75) is 77.8 Å². The standard InChI is InChI=1S/C12H24N2/c1-7-8(2)14-11(5)9(3)13(7)10(4)12(14)6/h7-12H,1-6H3. The van der Waals surface area contributed by atoms with Crippen molar-refractivity contribution in [1.82, 2.24) is 9.80 Å². The summed E-state index contributed by atoms with van der Waals surface area (Å²) >= 11 is 0. The average Bonchev–Trinajstić information content (AvgIpc) is 2.12. The fraction of sp³-hybridized carbons (Fsp3) is 1.00. The smallest absolute Gasteiger partial charge is 0.0227 e. The molecule has 0 radical (unpaired) electrons. The highest BCUT2D eigenvalue weighted by Gasteiger charge is 2.50. The lowest BCUT2D eigenvalue weighted by atomic mass is 9.83. The summed E-state index contributed by atoms with van der Waals surface area (Å²) in [7, 11) is 0. The van der Waals surface area contributed by atoms with E-state index in [1.165, 1.54) is 0 Å². The van der Waals surface area contributed by atoms with E-state index in [-0.39, 0.29) is 0 Å². The minimum absolute atomic E-state index is 0.715. The Labute approximate surface area is 88.3 Å². The van der Waals surface area contributed by atoms with E-state index in [1.54, 1.807) is 0 Å². The van der Waals surface area contributed by atoms with E-state index >= 15 is 0 Å². The third-order valence-corrected chi connectivity index (χ3v) is 4.92. The number of hydrogen-bond donors (Lipinski definition) is 0. The fourth-order valence-electron chi connectivity index (χ4n) is 3.72. The first kappa shape index (κ1) is 10.4. The van der Waals surface area contributed by atoms with E-state index in [0.29, 0.717) is 36.3 Å². The normalized spacial score (nSPS) is 63.0. The Hall–Kier alpha value is -0.0800. The summed E-state index contributed by atoms with van der Waals surface area (Å²) in [5.74, 6) is 0. The van der Waals surface area contributed by atoms with Gasteiger partial charge in [0.25, 0.3) is 0 Å². The van der Waals surface area contributed by atoms with Crippen molar-refractivity contribution < 1.29 is 0 Å². The summed E-state index contributed by atoms with van der Waals surface area (Å²) < 4.78 is 0. The number of hydrogen-bond acceptors (Lipinski definition) is 2. The maximum Gasteiger partial charge on any atom is 0.0227 e. The monoisotopic (exact) mass is 196 g/mol. The van der Waals surface area contributed by atoms with Gasteiger partial charge in [0, 0.05) is 36.3 Å². The Morgan fingerprint density at radius 2 is 0.571 bits per heavy atom. The minimum atomic E-state index is 0.715. The van der Waals surface area contributed by atoms with Gasteiger partial charge < -0.3 is 0 Å². The molecule has 82 valence electrons. The zero-order valence-electron chi connectivity index (χ0n) is 10.4. The molecule has 3 heterocycles. The van der Waals surface area contributed by atoms with Crippen LogP contribution in [-0.4, -0.2) is 46.1 Å². The van der Waals surface area contributed by atoms with Crippen molar-refractivity contribution in [2.75, 3.05) is 0 Å². The largest absolute Gasteiger partial charge is 0.291 e. The molecule has 2 nitrogen and oxygen atoms in total. The lowest BCUT2D eigenvalue weighted by Gasteiger charge is -2.64. The van der Waals surface area contributed by atoms with Crippen LogP contribution in [0.5, 0.6) is 0 Å². The van der Waals surface area contributed by atoms with Crippen LogP contribution in [-0.2, 0) is 0 Å². The molecule has 0 aromatic carbocycles. The van der Waals surface area contributed by atoms with Gasteiger partial charge in [-0.3, -0.25) is 9.80 Å². The van der Waals surface area contributed by atoms with Crippen molar-refractivity contribution >= 4 is 0 Å². The minimum Gasteiger partial charge on any atom is -0.291 e. The van der Waals surface area contributed by atoms with Crippen molar-refractivity contribution in [3.05, 3.63) is 0 Å². The zero-order chi connectivity index (χ0) is 10.6. The van der Waals surface area contributed by atoms with Gasteiger partial charge in [-0.1, -0.05) is 0 Å². The zero-order valence-corrected chi connectivity index (χ0v) is 10.4. The molecule has 14 heavy (non-hydrogen) atoms. The fourth-order valence-corrected chi connectivity index (χ4v) is 3.72. The van der Waals surface area contributed by atoms with Crippen LogP contribution in [0.15, 0.2) is 0 Å². The lowest BCUT2D eigenvalue weighted by molar-refractivity contribution is -0.151. The van der Waals surface area contributed by atoms with Crippen LogP contribution in [0.25, 0.3) is 0 Å². The van der Waals surface area contributed by atoms with Crippen molar-refractivity contribution in [3.63, 3.8) is 0 Å². The Bertz CT molecular complexity index is 166. The van der Waals surface area contributed by atoms with Gasteiger partial charge in [0.2, 0.25) is 0 Å². The molecule has 0 amide bonds. The first-order valence-corrected chi connectivity index (χ1v) is 6.01. The first-order chi connectivity index (χ1) is 6.46. The topological polar surface area (TPSA) is 6.48 Å². The number of fused-ring (bicyclic) bond motifs is 3. The summed E-state index contributed by atoms with van der Waals surface area (Å²) in [6, 6.07) is 4.29. The second-order valence-corrected chi connectivity index (χ2v) is 5.34. The molecular formula is C12H24N2. The van der Waals surface area contributed by atoms with Crippen LogP contribution in [0.2, 0.25) is 0 Å². The molecule has 6 unspecified atom stereocenters. The van der Waals surface area contributed by atoms with Gasteiger partial charge in [0.15, 0.2) is 0 Å². The van der Waals surface area contributed by atoms with Gasteiger partial charge >= 0.3 is 0 Å². The molecule has 2 heteroatoms. The molecule has 0 N–H and O–H groups in total. The van der Waals surface area contributed by atoms with Crippen LogP contribution in [0, 0.1) is 0 Å². The highest BCUT2D eigenvalue weighted by Crippen LogP contribution is 2.37. The third-order valence-electron chi connectivity index (χ3n) is 4.92.